The third-order valence-corrected chi connectivity index (χ3v) is 7.75. The highest BCUT2D eigenvalue weighted by atomic mass is 32.2. The lowest BCUT2D eigenvalue weighted by Gasteiger charge is -2.32. The number of hydrogen-bond acceptors (Lipinski definition) is 6. The summed E-state index contributed by atoms with van der Waals surface area (Å²) in [6, 6.07) is 12.9. The van der Waals surface area contributed by atoms with Gasteiger partial charge in [-0.3, -0.25) is 8.37 Å². The molecule has 0 amide bonds. The van der Waals surface area contributed by atoms with Crippen molar-refractivity contribution in [2.45, 2.75) is 62.0 Å². The van der Waals surface area contributed by atoms with E-state index in [2.05, 4.69) is 0 Å². The lowest BCUT2D eigenvalue weighted by molar-refractivity contribution is 0.0516. The summed E-state index contributed by atoms with van der Waals surface area (Å²) in [6.07, 6.45) is -0.0301. The molecule has 158 valence electrons. The van der Waals surface area contributed by atoms with Gasteiger partial charge in [-0.25, -0.2) is 0 Å². The van der Waals surface area contributed by atoms with Gasteiger partial charge in [0.25, 0.3) is 20.2 Å². The van der Waals surface area contributed by atoms with E-state index < -0.39 is 32.4 Å². The molecule has 2 aromatic carbocycles. The minimum atomic E-state index is -3.93. The van der Waals surface area contributed by atoms with Crippen molar-refractivity contribution >= 4 is 20.2 Å². The second-order valence-corrected chi connectivity index (χ2v) is 10.9. The molecule has 6 nitrogen and oxygen atoms in total. The first-order valence-corrected chi connectivity index (χ1v) is 12.4. The zero-order valence-corrected chi connectivity index (χ0v) is 18.4. The van der Waals surface area contributed by atoms with Crippen LogP contribution in [0.4, 0.5) is 0 Å². The molecule has 0 N–H and O–H groups in total. The number of benzene rings is 2. The van der Waals surface area contributed by atoms with Gasteiger partial charge >= 0.3 is 0 Å². The lowest BCUT2D eigenvalue weighted by atomic mass is 9.87. The monoisotopic (exact) mass is 438 g/mol. The molecule has 29 heavy (non-hydrogen) atoms. The average molecular weight is 439 g/mol. The zero-order valence-electron chi connectivity index (χ0n) is 16.7. The highest BCUT2D eigenvalue weighted by Crippen LogP contribution is 2.32. The van der Waals surface area contributed by atoms with Crippen LogP contribution in [-0.2, 0) is 28.6 Å². The second kappa shape index (κ2) is 8.55. The Morgan fingerprint density at radius 1 is 0.655 bits per heavy atom. The van der Waals surface area contributed by atoms with E-state index in [1.165, 1.54) is 24.3 Å². The molecule has 1 aliphatic rings. The molecule has 0 spiro atoms. The van der Waals surface area contributed by atoms with Gasteiger partial charge in [-0.15, -0.1) is 0 Å². The standard InChI is InChI=1S/C21H26O6S2/c1-15-4-8-20(9-5-15)28(22,23)26-18-12-17(3)13-19(14-18)27-29(24,25)21-10-6-16(2)7-11-21/h4-11,17-19H,12-14H2,1-3H3. The summed E-state index contributed by atoms with van der Waals surface area (Å²) in [5.41, 5.74) is 1.90. The van der Waals surface area contributed by atoms with Gasteiger partial charge in [-0.05, 0) is 56.9 Å². The molecule has 0 aromatic heterocycles. The molecule has 2 atom stereocenters. The van der Waals surface area contributed by atoms with Gasteiger partial charge < -0.3 is 0 Å². The Balaban J connectivity index is 1.71. The molecular weight excluding hydrogens is 412 g/mol. The van der Waals surface area contributed by atoms with Crippen molar-refractivity contribution in [2.75, 3.05) is 0 Å². The minimum Gasteiger partial charge on any atom is -0.263 e. The lowest BCUT2D eigenvalue weighted by Crippen LogP contribution is -2.35. The van der Waals surface area contributed by atoms with Crippen LogP contribution in [0.3, 0.4) is 0 Å². The largest absolute Gasteiger partial charge is 0.297 e. The van der Waals surface area contributed by atoms with Crippen LogP contribution in [-0.4, -0.2) is 29.0 Å². The van der Waals surface area contributed by atoms with Gasteiger partial charge in [0.1, 0.15) is 0 Å². The molecule has 8 heteroatoms. The van der Waals surface area contributed by atoms with E-state index >= 15 is 0 Å². The van der Waals surface area contributed by atoms with Gasteiger partial charge in [0, 0.05) is 6.42 Å². The topological polar surface area (TPSA) is 86.7 Å². The van der Waals surface area contributed by atoms with Crippen LogP contribution in [0, 0.1) is 19.8 Å². The summed E-state index contributed by atoms with van der Waals surface area (Å²) in [4.78, 5) is 0.178. The summed E-state index contributed by atoms with van der Waals surface area (Å²) < 4.78 is 61.2. The highest BCUT2D eigenvalue weighted by molar-refractivity contribution is 7.87. The fourth-order valence-electron chi connectivity index (χ4n) is 3.52. The summed E-state index contributed by atoms with van der Waals surface area (Å²) >= 11 is 0. The summed E-state index contributed by atoms with van der Waals surface area (Å²) in [7, 11) is -7.86. The van der Waals surface area contributed by atoms with Crippen molar-refractivity contribution in [3.8, 4) is 0 Å². The highest BCUT2D eigenvalue weighted by Gasteiger charge is 2.34. The maximum Gasteiger partial charge on any atom is 0.297 e. The van der Waals surface area contributed by atoms with Gasteiger partial charge in [-0.2, -0.15) is 16.8 Å². The predicted molar refractivity (Wildman–Crippen MR) is 109 cm³/mol. The molecule has 0 heterocycles. The first-order valence-electron chi connectivity index (χ1n) is 9.55. The third-order valence-electron chi connectivity index (χ3n) is 5.00. The van der Waals surface area contributed by atoms with Crippen LogP contribution in [0.15, 0.2) is 58.3 Å². The first-order chi connectivity index (χ1) is 13.5. The fourth-order valence-corrected chi connectivity index (χ4v) is 5.71. The quantitative estimate of drug-likeness (QED) is 0.634. The van der Waals surface area contributed by atoms with Crippen molar-refractivity contribution < 1.29 is 25.2 Å². The van der Waals surface area contributed by atoms with Crippen LogP contribution in [0.1, 0.15) is 37.3 Å². The molecular formula is C21H26O6S2. The number of hydrogen-bond donors (Lipinski definition) is 0. The van der Waals surface area contributed by atoms with E-state index in [-0.39, 0.29) is 22.1 Å². The Kier molecular flexibility index (Phi) is 6.48. The van der Waals surface area contributed by atoms with E-state index in [4.69, 9.17) is 8.37 Å². The molecule has 2 unspecified atom stereocenters. The fraction of sp³-hybridized carbons (Fsp3) is 0.429. The Morgan fingerprint density at radius 3 is 1.34 bits per heavy atom. The SMILES string of the molecule is Cc1ccc(S(=O)(=O)OC2CC(C)CC(OS(=O)(=O)c3ccc(C)cc3)C2)cc1. The normalized spacial score (nSPS) is 23.1. The van der Waals surface area contributed by atoms with Crippen molar-refractivity contribution in [3.05, 3.63) is 59.7 Å². The summed E-state index contributed by atoms with van der Waals surface area (Å²) in [5.74, 6) is 0.0696. The van der Waals surface area contributed by atoms with Crippen molar-refractivity contribution in [3.63, 3.8) is 0 Å². The second-order valence-electron chi connectivity index (χ2n) is 7.78. The molecule has 3 rings (SSSR count). The van der Waals surface area contributed by atoms with Crippen LogP contribution in [0.25, 0.3) is 0 Å². The Morgan fingerprint density at radius 2 is 1.00 bits per heavy atom. The number of aryl methyl sites for hydroxylation is 2. The van der Waals surface area contributed by atoms with Gasteiger partial charge in [0.15, 0.2) is 0 Å². The van der Waals surface area contributed by atoms with E-state index in [1.54, 1.807) is 24.3 Å². The van der Waals surface area contributed by atoms with Crippen molar-refractivity contribution in [1.82, 2.24) is 0 Å². The third kappa shape index (κ3) is 5.66. The van der Waals surface area contributed by atoms with E-state index in [0.717, 1.165) is 11.1 Å². The Bertz CT molecular complexity index is 956. The molecule has 2 aromatic rings. The van der Waals surface area contributed by atoms with Gasteiger partial charge in [0.05, 0.1) is 22.0 Å². The molecule has 0 aliphatic heterocycles. The van der Waals surface area contributed by atoms with Crippen LogP contribution >= 0.6 is 0 Å². The predicted octanol–water partition coefficient (Wildman–Crippen LogP) is 3.97. The van der Waals surface area contributed by atoms with E-state index in [0.29, 0.717) is 12.8 Å². The molecule has 1 aliphatic carbocycles. The summed E-state index contributed by atoms with van der Waals surface area (Å²) in [5, 5.41) is 0. The van der Waals surface area contributed by atoms with Crippen molar-refractivity contribution in [2.24, 2.45) is 5.92 Å². The van der Waals surface area contributed by atoms with Gasteiger partial charge in [0.2, 0.25) is 0 Å². The summed E-state index contributed by atoms with van der Waals surface area (Å²) in [6.45, 7) is 5.68. The minimum absolute atomic E-state index is 0.0696. The molecule has 0 bridgehead atoms. The maximum absolute atomic E-state index is 12.6. The van der Waals surface area contributed by atoms with Crippen molar-refractivity contribution in [1.29, 1.82) is 0 Å². The molecule has 1 fully saturated rings. The van der Waals surface area contributed by atoms with Crippen LogP contribution in [0.5, 0.6) is 0 Å². The molecule has 0 saturated heterocycles. The first kappa shape index (κ1) is 22.0. The van der Waals surface area contributed by atoms with Gasteiger partial charge in [-0.1, -0.05) is 42.3 Å². The zero-order chi connectivity index (χ0) is 21.2. The average Bonchev–Trinajstić information content (AvgIpc) is 2.61. The maximum atomic E-state index is 12.6. The molecule has 0 radical (unpaired) electrons. The van der Waals surface area contributed by atoms with Crippen LogP contribution < -0.4 is 0 Å². The Hall–Kier alpha value is -1.74. The van der Waals surface area contributed by atoms with E-state index in [9.17, 15) is 16.8 Å². The number of rotatable bonds is 6. The van der Waals surface area contributed by atoms with Crippen LogP contribution in [0.2, 0.25) is 0 Å². The molecule has 1 saturated carbocycles. The Labute approximate surface area is 173 Å². The van der Waals surface area contributed by atoms with E-state index in [1.807, 2.05) is 20.8 Å². The smallest absolute Gasteiger partial charge is 0.263 e.